The molecule has 1 heterocycles. The fraction of sp³-hybridized carbons (Fsp3) is 0.238. The summed E-state index contributed by atoms with van der Waals surface area (Å²) in [6, 6.07) is 12.1. The van der Waals surface area contributed by atoms with Crippen molar-refractivity contribution >= 4 is 22.8 Å². The predicted octanol–water partition coefficient (Wildman–Crippen LogP) is 2.81. The lowest BCUT2D eigenvalue weighted by Crippen LogP contribution is -2.26. The van der Waals surface area contributed by atoms with Gasteiger partial charge in [-0.05, 0) is 31.2 Å². The monoisotopic (exact) mass is 398 g/mol. The molecular formula is C21H22N2O6. The number of nitrogens with one attached hydrogen (secondary N) is 1. The molecule has 3 rings (SSSR count). The lowest BCUT2D eigenvalue weighted by Gasteiger charge is -2.16. The number of fused-ring (bicyclic) bond motifs is 1. The van der Waals surface area contributed by atoms with Crippen molar-refractivity contribution in [3.05, 3.63) is 53.8 Å². The van der Waals surface area contributed by atoms with Crippen LogP contribution in [0.25, 0.3) is 11.0 Å². The molecule has 2 aromatic carbocycles. The van der Waals surface area contributed by atoms with E-state index in [1.807, 2.05) is 37.3 Å². The van der Waals surface area contributed by atoms with E-state index < -0.39 is 5.91 Å². The number of hydrogen-bond acceptors (Lipinski definition) is 6. The van der Waals surface area contributed by atoms with Crippen molar-refractivity contribution in [2.24, 2.45) is 5.73 Å². The molecule has 29 heavy (non-hydrogen) atoms. The van der Waals surface area contributed by atoms with Gasteiger partial charge in [-0.15, -0.1) is 0 Å². The molecule has 0 bridgehead atoms. The first kappa shape index (κ1) is 20.1. The third kappa shape index (κ3) is 4.43. The molecule has 3 N–H and O–H groups in total. The number of benzene rings is 2. The van der Waals surface area contributed by atoms with Gasteiger partial charge >= 0.3 is 0 Å². The average molecular weight is 398 g/mol. The number of methoxy groups -OCH3 is 2. The minimum atomic E-state index is -0.643. The molecular weight excluding hydrogens is 376 g/mol. The Morgan fingerprint density at radius 2 is 1.76 bits per heavy atom. The Hall–Kier alpha value is -3.68. The van der Waals surface area contributed by atoms with E-state index in [0.717, 1.165) is 11.0 Å². The summed E-state index contributed by atoms with van der Waals surface area (Å²) in [6.45, 7) is 1.48. The average Bonchev–Trinajstić information content (AvgIpc) is 3.15. The van der Waals surface area contributed by atoms with Crippen LogP contribution in [-0.4, -0.2) is 32.6 Å². The van der Waals surface area contributed by atoms with Gasteiger partial charge in [-0.1, -0.05) is 18.2 Å². The third-order valence-corrected chi connectivity index (χ3v) is 4.30. The second kappa shape index (κ2) is 8.55. The van der Waals surface area contributed by atoms with Crippen molar-refractivity contribution in [3.63, 3.8) is 0 Å². The highest BCUT2D eigenvalue weighted by Crippen LogP contribution is 2.38. The van der Waals surface area contributed by atoms with Crippen LogP contribution >= 0.6 is 0 Å². The fourth-order valence-electron chi connectivity index (χ4n) is 2.86. The van der Waals surface area contributed by atoms with E-state index >= 15 is 0 Å². The molecule has 1 unspecified atom stereocenters. The Labute approximate surface area is 167 Å². The summed E-state index contributed by atoms with van der Waals surface area (Å²) in [6.07, 6.45) is 0. The maximum Gasteiger partial charge on any atom is 0.255 e. The van der Waals surface area contributed by atoms with Crippen LogP contribution in [0.2, 0.25) is 0 Å². The molecule has 152 valence electrons. The van der Waals surface area contributed by atoms with Gasteiger partial charge < -0.3 is 29.7 Å². The first-order chi connectivity index (χ1) is 13.9. The van der Waals surface area contributed by atoms with Crippen molar-refractivity contribution in [2.75, 3.05) is 20.8 Å². The normalized spacial score (nSPS) is 11.7. The van der Waals surface area contributed by atoms with Gasteiger partial charge in [0.1, 0.15) is 11.3 Å². The Bertz CT molecular complexity index is 985. The van der Waals surface area contributed by atoms with Gasteiger partial charge in [0.2, 0.25) is 5.75 Å². The number of ether oxygens (including phenoxy) is 3. The highest BCUT2D eigenvalue weighted by atomic mass is 16.5. The topological polar surface area (TPSA) is 113 Å². The number of rotatable bonds is 8. The van der Waals surface area contributed by atoms with Gasteiger partial charge in [0.25, 0.3) is 11.8 Å². The van der Waals surface area contributed by atoms with Crippen molar-refractivity contribution in [2.45, 2.75) is 13.0 Å². The molecule has 0 fully saturated rings. The molecule has 0 saturated carbocycles. The summed E-state index contributed by atoms with van der Waals surface area (Å²) in [7, 11) is 2.84. The first-order valence-electron chi connectivity index (χ1n) is 8.89. The second-order valence-corrected chi connectivity index (χ2v) is 6.35. The molecule has 0 spiro atoms. The van der Waals surface area contributed by atoms with Gasteiger partial charge in [0.15, 0.2) is 18.1 Å². The number of nitrogens with two attached hydrogens (primary N) is 1. The Balaban J connectivity index is 1.83. The molecule has 8 heteroatoms. The maximum atomic E-state index is 12.8. The molecule has 0 aliphatic carbocycles. The van der Waals surface area contributed by atoms with Crippen LogP contribution in [-0.2, 0) is 4.79 Å². The van der Waals surface area contributed by atoms with Gasteiger partial charge in [0.05, 0.1) is 20.3 Å². The number of primary amides is 1. The zero-order valence-corrected chi connectivity index (χ0v) is 16.4. The van der Waals surface area contributed by atoms with Crippen LogP contribution in [0.1, 0.15) is 29.1 Å². The van der Waals surface area contributed by atoms with E-state index in [-0.39, 0.29) is 35.8 Å². The number of carbonyl (C=O) groups excluding carboxylic acids is 2. The van der Waals surface area contributed by atoms with E-state index in [0.29, 0.717) is 11.3 Å². The van der Waals surface area contributed by atoms with E-state index in [9.17, 15) is 9.59 Å². The number of furan rings is 1. The quantitative estimate of drug-likeness (QED) is 0.603. The largest absolute Gasteiger partial charge is 0.493 e. The predicted molar refractivity (Wildman–Crippen MR) is 106 cm³/mol. The lowest BCUT2D eigenvalue weighted by atomic mass is 10.1. The number of para-hydroxylation sites is 1. The molecule has 0 saturated heterocycles. The highest BCUT2D eigenvalue weighted by molar-refractivity contribution is 5.96. The molecule has 2 amide bonds. The molecule has 0 aliphatic rings. The highest BCUT2D eigenvalue weighted by Gasteiger charge is 2.20. The molecule has 1 atom stereocenters. The minimum Gasteiger partial charge on any atom is -0.493 e. The first-order valence-corrected chi connectivity index (χ1v) is 8.89. The molecule has 3 aromatic rings. The van der Waals surface area contributed by atoms with Crippen LogP contribution in [0.5, 0.6) is 17.2 Å². The summed E-state index contributed by atoms with van der Waals surface area (Å²) < 4.78 is 21.7. The molecule has 1 aromatic heterocycles. The third-order valence-electron chi connectivity index (χ3n) is 4.30. The van der Waals surface area contributed by atoms with Crippen LogP contribution in [0, 0.1) is 0 Å². The molecule has 8 nitrogen and oxygen atoms in total. The van der Waals surface area contributed by atoms with E-state index in [4.69, 9.17) is 24.4 Å². The van der Waals surface area contributed by atoms with Crippen molar-refractivity contribution < 1.29 is 28.2 Å². The van der Waals surface area contributed by atoms with Crippen molar-refractivity contribution in [1.29, 1.82) is 0 Å². The minimum absolute atomic E-state index is 0.190. The van der Waals surface area contributed by atoms with Gasteiger partial charge in [-0.3, -0.25) is 9.59 Å². The van der Waals surface area contributed by atoms with E-state index in [1.165, 1.54) is 26.4 Å². The summed E-state index contributed by atoms with van der Waals surface area (Å²) in [5.41, 5.74) is 6.17. The van der Waals surface area contributed by atoms with Crippen LogP contribution in [0.3, 0.4) is 0 Å². The lowest BCUT2D eigenvalue weighted by molar-refractivity contribution is -0.120. The number of amides is 2. The van der Waals surface area contributed by atoms with Crippen LogP contribution < -0.4 is 25.3 Å². The summed E-state index contributed by atoms with van der Waals surface area (Å²) in [4.78, 5) is 23.8. The number of hydrogen-bond donors (Lipinski definition) is 2. The molecule has 0 radical (unpaired) electrons. The standard InChI is InChI=1S/C21H22N2O6/c1-12(16-8-13-6-4-5-7-15(13)29-16)23-21(25)14-9-17(26-2)20(18(10-14)27-3)28-11-19(22)24/h4-10,12H,11H2,1-3H3,(H2,22,24)(H,23,25). The molecule has 0 aliphatic heterocycles. The van der Waals surface area contributed by atoms with Crippen molar-refractivity contribution in [1.82, 2.24) is 5.32 Å². The van der Waals surface area contributed by atoms with E-state index in [1.54, 1.807) is 0 Å². The SMILES string of the molecule is COc1cc(C(=O)NC(C)c2cc3ccccc3o2)cc(OC)c1OCC(N)=O. The maximum absolute atomic E-state index is 12.8. The van der Waals surface area contributed by atoms with Gasteiger partial charge in [-0.2, -0.15) is 0 Å². The Morgan fingerprint density at radius 3 is 2.34 bits per heavy atom. The van der Waals surface area contributed by atoms with Gasteiger partial charge in [-0.25, -0.2) is 0 Å². The van der Waals surface area contributed by atoms with Crippen molar-refractivity contribution in [3.8, 4) is 17.2 Å². The van der Waals surface area contributed by atoms with Crippen LogP contribution in [0.15, 0.2) is 46.9 Å². The van der Waals surface area contributed by atoms with Gasteiger partial charge in [0, 0.05) is 10.9 Å². The smallest absolute Gasteiger partial charge is 0.255 e. The summed E-state index contributed by atoms with van der Waals surface area (Å²) in [5.74, 6) is 0.321. The Kier molecular flexibility index (Phi) is 5.92. The summed E-state index contributed by atoms with van der Waals surface area (Å²) >= 11 is 0. The zero-order valence-electron chi connectivity index (χ0n) is 16.4. The zero-order chi connectivity index (χ0) is 21.0. The van der Waals surface area contributed by atoms with Crippen LogP contribution in [0.4, 0.5) is 0 Å². The summed E-state index contributed by atoms with van der Waals surface area (Å²) in [5, 5.41) is 3.85. The van der Waals surface area contributed by atoms with E-state index in [2.05, 4.69) is 5.32 Å². The number of carbonyl (C=O) groups is 2. The second-order valence-electron chi connectivity index (χ2n) is 6.35. The Morgan fingerprint density at radius 1 is 1.10 bits per heavy atom. The fourth-order valence-corrected chi connectivity index (χ4v) is 2.86.